The lowest BCUT2D eigenvalue weighted by Gasteiger charge is -2.37. The number of amides is 2. The molecule has 1 unspecified atom stereocenters. The predicted octanol–water partition coefficient (Wildman–Crippen LogP) is 0.774. The van der Waals surface area contributed by atoms with Crippen molar-refractivity contribution in [2.75, 3.05) is 13.1 Å². The monoisotopic (exact) mass is 282 g/mol. The minimum Gasteiger partial charge on any atom is -0.481 e. The van der Waals surface area contributed by atoms with Gasteiger partial charge in [0.25, 0.3) is 0 Å². The lowest BCUT2D eigenvalue weighted by Crippen LogP contribution is -2.51. The van der Waals surface area contributed by atoms with Crippen LogP contribution in [-0.2, 0) is 11.3 Å². The molecule has 0 spiro atoms. The lowest BCUT2D eigenvalue weighted by atomic mass is 9.82. The maximum absolute atomic E-state index is 12.0. The molecular weight excluding hydrogens is 264 g/mol. The smallest absolute Gasteiger partial charge is 0.317 e. The van der Waals surface area contributed by atoms with E-state index in [4.69, 9.17) is 4.52 Å². The van der Waals surface area contributed by atoms with E-state index in [1.807, 2.05) is 0 Å². The van der Waals surface area contributed by atoms with Gasteiger partial charge in [-0.3, -0.25) is 4.79 Å². The summed E-state index contributed by atoms with van der Waals surface area (Å²) in [7, 11) is 0. The number of carboxylic acid groups (broad SMARTS) is 1. The predicted molar refractivity (Wildman–Crippen MR) is 67.8 cm³/mol. The first-order chi connectivity index (χ1) is 9.40. The maximum Gasteiger partial charge on any atom is 0.317 e. The Morgan fingerprint density at radius 2 is 2.30 bits per heavy atom. The number of urea groups is 1. The van der Waals surface area contributed by atoms with Gasteiger partial charge in [0.2, 0.25) is 5.89 Å². The topological polar surface area (TPSA) is 109 Å². The Hall–Kier alpha value is -2.12. The molecule has 0 aliphatic carbocycles. The van der Waals surface area contributed by atoms with Crippen molar-refractivity contribution in [2.45, 2.75) is 33.2 Å². The standard InChI is InChI=1S/C12H18N4O4/c1-8-14-9(20-15-8)6-13-11(19)16-5-3-4-12(2,7-16)10(17)18/h3-7H2,1-2H3,(H,13,19)(H,17,18). The zero-order valence-electron chi connectivity index (χ0n) is 11.5. The van der Waals surface area contributed by atoms with E-state index in [9.17, 15) is 14.7 Å². The maximum atomic E-state index is 12.0. The van der Waals surface area contributed by atoms with Crippen LogP contribution in [0, 0.1) is 12.3 Å². The van der Waals surface area contributed by atoms with Crippen molar-refractivity contribution in [1.29, 1.82) is 0 Å². The number of carbonyl (C=O) groups is 2. The fourth-order valence-corrected chi connectivity index (χ4v) is 2.26. The minimum atomic E-state index is -0.878. The van der Waals surface area contributed by atoms with Crippen molar-refractivity contribution in [3.05, 3.63) is 11.7 Å². The molecule has 1 aliphatic rings. The van der Waals surface area contributed by atoms with Gasteiger partial charge in [-0.05, 0) is 26.7 Å². The number of hydrogen-bond acceptors (Lipinski definition) is 5. The van der Waals surface area contributed by atoms with Gasteiger partial charge in [-0.1, -0.05) is 5.16 Å². The van der Waals surface area contributed by atoms with Gasteiger partial charge in [-0.25, -0.2) is 4.79 Å². The van der Waals surface area contributed by atoms with Gasteiger partial charge in [0.05, 0.1) is 12.0 Å². The minimum absolute atomic E-state index is 0.139. The van der Waals surface area contributed by atoms with Crippen LogP contribution in [0.3, 0.4) is 0 Å². The summed E-state index contributed by atoms with van der Waals surface area (Å²) >= 11 is 0. The Morgan fingerprint density at radius 3 is 2.90 bits per heavy atom. The summed E-state index contributed by atoms with van der Waals surface area (Å²) in [4.78, 5) is 28.7. The van der Waals surface area contributed by atoms with E-state index in [1.165, 1.54) is 4.90 Å². The van der Waals surface area contributed by atoms with E-state index in [0.717, 1.165) is 0 Å². The van der Waals surface area contributed by atoms with Gasteiger partial charge < -0.3 is 19.8 Å². The molecule has 0 saturated carbocycles. The van der Waals surface area contributed by atoms with E-state index in [1.54, 1.807) is 13.8 Å². The third kappa shape index (κ3) is 3.06. The number of piperidine rings is 1. The molecule has 0 aromatic carbocycles. The van der Waals surface area contributed by atoms with Crippen LogP contribution in [0.1, 0.15) is 31.5 Å². The number of aryl methyl sites for hydroxylation is 1. The van der Waals surface area contributed by atoms with Crippen LogP contribution < -0.4 is 5.32 Å². The molecule has 0 radical (unpaired) electrons. The van der Waals surface area contributed by atoms with Crippen molar-refractivity contribution < 1.29 is 19.2 Å². The van der Waals surface area contributed by atoms with Gasteiger partial charge in [0.1, 0.15) is 0 Å². The van der Waals surface area contributed by atoms with Crippen molar-refractivity contribution in [3.63, 3.8) is 0 Å². The van der Waals surface area contributed by atoms with E-state index in [0.29, 0.717) is 31.1 Å². The number of aromatic nitrogens is 2. The summed E-state index contributed by atoms with van der Waals surface area (Å²) in [5.74, 6) is -0.0398. The fourth-order valence-electron chi connectivity index (χ4n) is 2.26. The van der Waals surface area contributed by atoms with E-state index in [2.05, 4.69) is 15.5 Å². The number of hydrogen-bond donors (Lipinski definition) is 2. The second-order valence-corrected chi connectivity index (χ2v) is 5.28. The molecule has 8 nitrogen and oxygen atoms in total. The number of carboxylic acids is 1. The highest BCUT2D eigenvalue weighted by atomic mass is 16.5. The third-order valence-corrected chi connectivity index (χ3v) is 3.46. The van der Waals surface area contributed by atoms with Gasteiger partial charge >= 0.3 is 12.0 Å². The first-order valence-electron chi connectivity index (χ1n) is 6.46. The lowest BCUT2D eigenvalue weighted by molar-refractivity contribution is -0.150. The molecule has 0 bridgehead atoms. The number of likely N-dealkylation sites (tertiary alicyclic amines) is 1. The molecule has 1 saturated heterocycles. The Bertz CT molecular complexity index is 515. The van der Waals surface area contributed by atoms with Crippen molar-refractivity contribution in [3.8, 4) is 0 Å². The summed E-state index contributed by atoms with van der Waals surface area (Å²) in [6.07, 6.45) is 1.25. The van der Waals surface area contributed by atoms with E-state index >= 15 is 0 Å². The second-order valence-electron chi connectivity index (χ2n) is 5.28. The zero-order valence-corrected chi connectivity index (χ0v) is 11.5. The number of rotatable bonds is 3. The van der Waals surface area contributed by atoms with Crippen LogP contribution in [0.25, 0.3) is 0 Å². The molecule has 110 valence electrons. The molecule has 1 aliphatic heterocycles. The molecule has 2 amide bonds. The first-order valence-corrected chi connectivity index (χ1v) is 6.46. The Labute approximate surface area is 116 Å². The molecule has 2 rings (SSSR count). The molecule has 1 aromatic rings. The SMILES string of the molecule is Cc1noc(CNC(=O)N2CCCC(C)(C(=O)O)C2)n1. The van der Waals surface area contributed by atoms with Crippen molar-refractivity contribution in [2.24, 2.45) is 5.41 Å². The quantitative estimate of drug-likeness (QED) is 0.847. The van der Waals surface area contributed by atoms with Gasteiger partial charge in [-0.2, -0.15) is 4.98 Å². The van der Waals surface area contributed by atoms with Gasteiger partial charge in [0.15, 0.2) is 5.82 Å². The Kier molecular flexibility index (Phi) is 3.91. The van der Waals surface area contributed by atoms with Crippen LogP contribution in [0.15, 0.2) is 4.52 Å². The molecule has 1 fully saturated rings. The van der Waals surface area contributed by atoms with Crippen LogP contribution in [-0.4, -0.2) is 45.2 Å². The van der Waals surface area contributed by atoms with Crippen LogP contribution in [0.2, 0.25) is 0 Å². The summed E-state index contributed by atoms with van der Waals surface area (Å²) in [6, 6.07) is -0.312. The van der Waals surface area contributed by atoms with Gasteiger partial charge in [-0.15, -0.1) is 0 Å². The zero-order chi connectivity index (χ0) is 14.8. The number of nitrogens with one attached hydrogen (secondary N) is 1. The summed E-state index contributed by atoms with van der Waals surface area (Å²) < 4.78 is 4.89. The molecule has 1 aromatic heterocycles. The van der Waals surface area contributed by atoms with Crippen molar-refractivity contribution >= 4 is 12.0 Å². The molecule has 2 heterocycles. The highest BCUT2D eigenvalue weighted by molar-refractivity contribution is 5.78. The van der Waals surface area contributed by atoms with Crippen LogP contribution in [0.5, 0.6) is 0 Å². The molecule has 1 atom stereocenters. The average Bonchev–Trinajstić information content (AvgIpc) is 2.81. The van der Waals surface area contributed by atoms with Crippen LogP contribution >= 0.6 is 0 Å². The van der Waals surface area contributed by atoms with Crippen LogP contribution in [0.4, 0.5) is 4.79 Å². The molecule has 20 heavy (non-hydrogen) atoms. The number of carbonyl (C=O) groups excluding carboxylic acids is 1. The Balaban J connectivity index is 1.90. The van der Waals surface area contributed by atoms with E-state index in [-0.39, 0.29) is 19.1 Å². The highest BCUT2D eigenvalue weighted by Crippen LogP contribution is 2.29. The molecular formula is C12H18N4O4. The normalized spacial score (nSPS) is 22.6. The summed E-state index contributed by atoms with van der Waals surface area (Å²) in [5.41, 5.74) is -0.878. The highest BCUT2D eigenvalue weighted by Gasteiger charge is 2.39. The largest absolute Gasteiger partial charge is 0.481 e. The van der Waals surface area contributed by atoms with Crippen molar-refractivity contribution in [1.82, 2.24) is 20.4 Å². The summed E-state index contributed by atoms with van der Waals surface area (Å²) in [5, 5.41) is 15.5. The number of aliphatic carboxylic acids is 1. The molecule has 8 heteroatoms. The number of nitrogens with zero attached hydrogens (tertiary/aromatic N) is 3. The third-order valence-electron chi connectivity index (χ3n) is 3.46. The summed E-state index contributed by atoms with van der Waals surface area (Å²) in [6.45, 7) is 4.25. The Morgan fingerprint density at radius 1 is 1.55 bits per heavy atom. The molecule has 2 N–H and O–H groups in total. The van der Waals surface area contributed by atoms with E-state index < -0.39 is 11.4 Å². The fraction of sp³-hybridized carbons (Fsp3) is 0.667. The average molecular weight is 282 g/mol. The first kappa shape index (κ1) is 14.3. The van der Waals surface area contributed by atoms with Gasteiger partial charge in [0, 0.05) is 13.1 Å². The second kappa shape index (κ2) is 5.48.